The van der Waals surface area contributed by atoms with E-state index in [1.165, 1.54) is 23.5 Å². The smallest absolute Gasteiger partial charge is 0.311 e. The van der Waals surface area contributed by atoms with Crippen LogP contribution in [0, 0.1) is 10.1 Å². The van der Waals surface area contributed by atoms with Crippen molar-refractivity contribution in [3.63, 3.8) is 0 Å². The van der Waals surface area contributed by atoms with Crippen molar-refractivity contribution < 1.29 is 14.8 Å². The van der Waals surface area contributed by atoms with Gasteiger partial charge >= 0.3 is 5.69 Å². The molecule has 0 aliphatic rings. The number of aromatic nitrogens is 1. The minimum atomic E-state index is -0.527. The minimum absolute atomic E-state index is 0.147. The van der Waals surface area contributed by atoms with E-state index in [1.807, 2.05) is 0 Å². The number of benzene rings is 1. The molecule has 2 aromatic rings. The van der Waals surface area contributed by atoms with E-state index in [0.717, 1.165) is 4.88 Å². The second-order valence-corrected chi connectivity index (χ2v) is 4.44. The third kappa shape index (κ3) is 2.82. The molecule has 1 N–H and O–H groups in total. The van der Waals surface area contributed by atoms with E-state index in [1.54, 1.807) is 17.8 Å². The topological polar surface area (TPSA) is 85.5 Å². The van der Waals surface area contributed by atoms with Crippen molar-refractivity contribution in [1.82, 2.24) is 4.98 Å². The van der Waals surface area contributed by atoms with Gasteiger partial charge in [-0.2, -0.15) is 0 Å². The quantitative estimate of drug-likeness (QED) is 0.661. The molecule has 0 radical (unpaired) electrons. The summed E-state index contributed by atoms with van der Waals surface area (Å²) in [6, 6.07) is 4.39. The summed E-state index contributed by atoms with van der Waals surface area (Å²) in [5, 5.41) is 19.8. The Hall–Kier alpha value is -1.99. The predicted molar refractivity (Wildman–Crippen MR) is 65.5 cm³/mol. The van der Waals surface area contributed by atoms with Gasteiger partial charge in [-0.05, 0) is 11.6 Å². The van der Waals surface area contributed by atoms with E-state index in [-0.39, 0.29) is 24.7 Å². The van der Waals surface area contributed by atoms with Gasteiger partial charge in [-0.25, -0.2) is 0 Å². The van der Waals surface area contributed by atoms with Crippen LogP contribution in [0.5, 0.6) is 5.75 Å². The second-order valence-electron chi connectivity index (χ2n) is 3.47. The third-order valence-electron chi connectivity index (χ3n) is 2.26. The molecule has 1 aromatic heterocycles. The molecule has 0 atom stereocenters. The number of ether oxygens (including phenoxy) is 1. The Morgan fingerprint density at radius 2 is 2.33 bits per heavy atom. The third-order valence-corrected chi connectivity index (χ3v) is 3.01. The summed E-state index contributed by atoms with van der Waals surface area (Å²) >= 11 is 1.42. The van der Waals surface area contributed by atoms with Gasteiger partial charge in [-0.1, -0.05) is 6.07 Å². The molecule has 18 heavy (non-hydrogen) atoms. The number of hydrogen-bond donors (Lipinski definition) is 1. The number of aliphatic hydroxyl groups excluding tert-OH is 1. The lowest BCUT2D eigenvalue weighted by Gasteiger charge is -2.06. The fourth-order valence-corrected chi connectivity index (χ4v) is 1.89. The van der Waals surface area contributed by atoms with Crippen LogP contribution >= 0.6 is 11.3 Å². The highest BCUT2D eigenvalue weighted by Gasteiger charge is 2.16. The zero-order valence-electron chi connectivity index (χ0n) is 9.28. The van der Waals surface area contributed by atoms with Crippen LogP contribution in [0.2, 0.25) is 0 Å². The van der Waals surface area contributed by atoms with Crippen LogP contribution in [0.1, 0.15) is 10.4 Å². The molecule has 94 valence electrons. The maximum Gasteiger partial charge on any atom is 0.311 e. The van der Waals surface area contributed by atoms with Crippen molar-refractivity contribution in [2.75, 3.05) is 0 Å². The van der Waals surface area contributed by atoms with Gasteiger partial charge in [0.25, 0.3) is 0 Å². The van der Waals surface area contributed by atoms with Crippen molar-refractivity contribution in [3.8, 4) is 5.75 Å². The molecule has 0 saturated heterocycles. The van der Waals surface area contributed by atoms with Crippen LogP contribution in [-0.4, -0.2) is 15.0 Å². The summed E-state index contributed by atoms with van der Waals surface area (Å²) in [5.74, 6) is 0.186. The molecule has 2 rings (SSSR count). The van der Waals surface area contributed by atoms with E-state index in [9.17, 15) is 10.1 Å². The van der Waals surface area contributed by atoms with Gasteiger partial charge in [0.15, 0.2) is 5.75 Å². The van der Waals surface area contributed by atoms with Crippen LogP contribution in [0.25, 0.3) is 0 Å². The fraction of sp³-hybridized carbons (Fsp3) is 0.182. The summed E-state index contributed by atoms with van der Waals surface area (Å²) in [5.41, 5.74) is 2.00. The molecule has 1 aromatic carbocycles. The lowest BCUT2D eigenvalue weighted by atomic mass is 10.2. The average Bonchev–Trinajstić information content (AvgIpc) is 2.89. The van der Waals surface area contributed by atoms with Gasteiger partial charge in [-0.3, -0.25) is 15.1 Å². The molecular weight excluding hydrogens is 256 g/mol. The fourth-order valence-electron chi connectivity index (χ4n) is 1.39. The first-order chi connectivity index (χ1) is 8.70. The summed E-state index contributed by atoms with van der Waals surface area (Å²) in [6.07, 6.45) is 1.65. The highest BCUT2D eigenvalue weighted by Crippen LogP contribution is 2.29. The van der Waals surface area contributed by atoms with Gasteiger partial charge in [0, 0.05) is 12.3 Å². The van der Waals surface area contributed by atoms with Crippen molar-refractivity contribution >= 4 is 17.0 Å². The predicted octanol–water partition coefficient (Wildman–Crippen LogP) is 2.12. The molecule has 0 fully saturated rings. The summed E-state index contributed by atoms with van der Waals surface area (Å²) < 4.78 is 5.39. The van der Waals surface area contributed by atoms with E-state index in [0.29, 0.717) is 5.56 Å². The van der Waals surface area contributed by atoms with Crippen molar-refractivity contribution in [2.45, 2.75) is 13.2 Å². The molecule has 0 aliphatic carbocycles. The Kier molecular flexibility index (Phi) is 3.85. The molecule has 0 bridgehead atoms. The minimum Gasteiger partial charge on any atom is -0.481 e. The van der Waals surface area contributed by atoms with Crippen LogP contribution in [-0.2, 0) is 13.2 Å². The molecule has 0 unspecified atom stereocenters. The summed E-state index contributed by atoms with van der Waals surface area (Å²) in [6.45, 7) is -0.0000566. The number of thiazole rings is 1. The van der Waals surface area contributed by atoms with Gasteiger partial charge in [0.05, 0.1) is 21.9 Å². The molecule has 6 nitrogen and oxygen atoms in total. The number of nitrogens with zero attached hydrogens (tertiary/aromatic N) is 2. The molecule has 0 amide bonds. The standard InChI is InChI=1S/C11H10N2O4S/c14-5-8-1-2-11(10(3-8)13(15)16)17-6-9-4-12-7-18-9/h1-4,7,14H,5-6H2. The first-order valence-electron chi connectivity index (χ1n) is 5.09. The number of nitro groups is 1. The Labute approximate surface area is 107 Å². The first kappa shape index (κ1) is 12.5. The van der Waals surface area contributed by atoms with Gasteiger partial charge in [-0.15, -0.1) is 11.3 Å². The van der Waals surface area contributed by atoms with Crippen molar-refractivity contribution in [3.05, 3.63) is 50.5 Å². The zero-order valence-corrected chi connectivity index (χ0v) is 10.1. The largest absolute Gasteiger partial charge is 0.481 e. The lowest BCUT2D eigenvalue weighted by Crippen LogP contribution is -1.99. The normalized spacial score (nSPS) is 10.3. The van der Waals surface area contributed by atoms with Gasteiger partial charge in [0.2, 0.25) is 0 Å². The highest BCUT2D eigenvalue weighted by atomic mass is 32.1. The molecule has 0 spiro atoms. The number of rotatable bonds is 5. The maximum atomic E-state index is 10.9. The van der Waals surface area contributed by atoms with Crippen molar-refractivity contribution in [2.24, 2.45) is 0 Å². The highest BCUT2D eigenvalue weighted by molar-refractivity contribution is 7.09. The summed E-state index contributed by atoms with van der Waals surface area (Å²) in [4.78, 5) is 15.1. The Balaban J connectivity index is 2.18. The van der Waals surface area contributed by atoms with E-state index >= 15 is 0 Å². The van der Waals surface area contributed by atoms with Gasteiger partial charge in [0.1, 0.15) is 6.61 Å². The lowest BCUT2D eigenvalue weighted by molar-refractivity contribution is -0.386. The SMILES string of the molecule is O=[N+]([O-])c1cc(CO)ccc1OCc1cncs1. The Morgan fingerprint density at radius 1 is 1.50 bits per heavy atom. The van der Waals surface area contributed by atoms with Crippen LogP contribution in [0.15, 0.2) is 29.9 Å². The molecule has 0 saturated carbocycles. The average molecular weight is 266 g/mol. The Morgan fingerprint density at radius 3 is 2.94 bits per heavy atom. The molecule has 1 heterocycles. The number of hydrogen-bond acceptors (Lipinski definition) is 6. The molecular formula is C11H10N2O4S. The van der Waals surface area contributed by atoms with E-state index in [4.69, 9.17) is 9.84 Å². The van der Waals surface area contributed by atoms with E-state index < -0.39 is 4.92 Å². The summed E-state index contributed by atoms with van der Waals surface area (Å²) in [7, 11) is 0. The molecule has 0 aliphatic heterocycles. The molecule has 7 heteroatoms. The first-order valence-corrected chi connectivity index (χ1v) is 5.97. The van der Waals surface area contributed by atoms with Gasteiger partial charge < -0.3 is 9.84 Å². The second kappa shape index (κ2) is 5.56. The van der Waals surface area contributed by atoms with Crippen LogP contribution in [0.4, 0.5) is 5.69 Å². The van der Waals surface area contributed by atoms with Crippen LogP contribution < -0.4 is 4.74 Å². The Bertz CT molecular complexity index is 542. The van der Waals surface area contributed by atoms with Crippen LogP contribution in [0.3, 0.4) is 0 Å². The zero-order chi connectivity index (χ0) is 13.0. The van der Waals surface area contributed by atoms with Crippen molar-refractivity contribution in [1.29, 1.82) is 0 Å². The monoisotopic (exact) mass is 266 g/mol. The van der Waals surface area contributed by atoms with E-state index in [2.05, 4.69) is 4.98 Å². The number of aliphatic hydroxyl groups is 1. The maximum absolute atomic E-state index is 10.9. The number of nitro benzene ring substituents is 1.